The third-order valence-corrected chi connectivity index (χ3v) is 4.91. The first-order chi connectivity index (χ1) is 14.3. The lowest BCUT2D eigenvalue weighted by Gasteiger charge is -2.16. The van der Waals surface area contributed by atoms with E-state index in [1.54, 1.807) is 23.5 Å². The van der Waals surface area contributed by atoms with Crippen LogP contribution in [0.25, 0.3) is 16.7 Å². The minimum atomic E-state index is -0.331. The highest BCUT2D eigenvalue weighted by molar-refractivity contribution is 6.00. The van der Waals surface area contributed by atoms with E-state index in [0.717, 1.165) is 29.0 Å². The maximum absolute atomic E-state index is 14.2. The van der Waals surface area contributed by atoms with Crippen LogP contribution < -0.4 is 15.9 Å². The number of hydrogen-bond acceptors (Lipinski definition) is 3. The Bertz CT molecular complexity index is 1020. The summed E-state index contributed by atoms with van der Waals surface area (Å²) in [7, 11) is 0. The second-order valence-electron chi connectivity index (χ2n) is 7.06. The molecule has 29 heavy (non-hydrogen) atoms. The molecule has 5 nitrogen and oxygen atoms in total. The van der Waals surface area contributed by atoms with Gasteiger partial charge in [0.15, 0.2) is 11.5 Å². The molecule has 1 fully saturated rings. The third-order valence-electron chi connectivity index (χ3n) is 4.91. The van der Waals surface area contributed by atoms with Crippen molar-refractivity contribution >= 4 is 11.5 Å². The van der Waals surface area contributed by atoms with Crippen LogP contribution in [0.1, 0.15) is 18.4 Å². The molecular formula is C23H23FN4O. The zero-order valence-corrected chi connectivity index (χ0v) is 16.0. The summed E-state index contributed by atoms with van der Waals surface area (Å²) in [6, 6.07) is 22.2. The van der Waals surface area contributed by atoms with Gasteiger partial charge in [0, 0.05) is 17.2 Å². The lowest BCUT2D eigenvalue weighted by molar-refractivity contribution is -0.445. The summed E-state index contributed by atoms with van der Waals surface area (Å²) >= 11 is 0. The number of hydrogen-bond donors (Lipinski definition) is 2. The van der Waals surface area contributed by atoms with E-state index >= 15 is 0 Å². The molecule has 1 aliphatic rings. The minimum absolute atomic E-state index is 0.331. The molecular weight excluding hydrogens is 367 g/mol. The summed E-state index contributed by atoms with van der Waals surface area (Å²) in [6.45, 7) is 0.722. The highest BCUT2D eigenvalue weighted by atomic mass is 19.1. The number of nitrogens with two attached hydrogens (primary N) is 2. The maximum Gasteiger partial charge on any atom is 0.219 e. The molecule has 1 aliphatic carbocycles. The van der Waals surface area contributed by atoms with Crippen molar-refractivity contribution in [3.63, 3.8) is 0 Å². The number of nitrogens with zero attached hydrogens (tertiary/aromatic N) is 2. The highest BCUT2D eigenvalue weighted by Gasteiger charge is 2.23. The Hall–Kier alpha value is -3.22. The zero-order valence-electron chi connectivity index (χ0n) is 16.0. The van der Waals surface area contributed by atoms with Gasteiger partial charge in [-0.25, -0.2) is 4.39 Å². The molecule has 4 rings (SSSR count). The van der Waals surface area contributed by atoms with Gasteiger partial charge < -0.3 is 21.2 Å². The molecule has 148 valence electrons. The molecule has 4 N–H and O–H groups in total. The zero-order chi connectivity index (χ0) is 20.1. The lowest BCUT2D eigenvalue weighted by Crippen LogP contribution is -2.83. The normalized spacial score (nSPS) is 13.9. The molecule has 0 unspecified atom stereocenters. The lowest BCUT2D eigenvalue weighted by atomic mass is 9.98. The monoisotopic (exact) mass is 390 g/mol. The number of amidine groups is 1. The van der Waals surface area contributed by atoms with Gasteiger partial charge in [0.1, 0.15) is 5.75 Å². The van der Waals surface area contributed by atoms with Crippen LogP contribution in [-0.4, -0.2) is 12.4 Å². The molecule has 0 aliphatic heterocycles. The average molecular weight is 390 g/mol. The molecule has 0 atom stereocenters. The second kappa shape index (κ2) is 8.86. The predicted molar refractivity (Wildman–Crippen MR) is 112 cm³/mol. The summed E-state index contributed by atoms with van der Waals surface area (Å²) in [5.41, 5.74) is 6.56. The van der Waals surface area contributed by atoms with Crippen LogP contribution >= 0.6 is 0 Å². The van der Waals surface area contributed by atoms with Gasteiger partial charge in [0.25, 0.3) is 0 Å². The maximum atomic E-state index is 14.2. The van der Waals surface area contributed by atoms with Crippen molar-refractivity contribution in [2.45, 2.75) is 12.8 Å². The summed E-state index contributed by atoms with van der Waals surface area (Å²) in [5, 5.41) is 5.74. The number of quaternary nitrogens is 1. The topological polar surface area (TPSA) is 78.3 Å². The van der Waals surface area contributed by atoms with E-state index in [4.69, 9.17) is 10.6 Å². The molecule has 0 spiro atoms. The quantitative estimate of drug-likeness (QED) is 0.210. The van der Waals surface area contributed by atoms with E-state index in [0.29, 0.717) is 17.4 Å². The fourth-order valence-electron chi connectivity index (χ4n) is 3.21. The molecule has 6 heteroatoms. The Morgan fingerprint density at radius 3 is 2.45 bits per heavy atom. The Balaban J connectivity index is 1.72. The van der Waals surface area contributed by atoms with Crippen LogP contribution in [0.15, 0.2) is 77.9 Å². The number of rotatable bonds is 7. The van der Waals surface area contributed by atoms with Gasteiger partial charge in [-0.15, -0.1) is 0 Å². The third kappa shape index (κ3) is 4.62. The Morgan fingerprint density at radius 1 is 1.00 bits per heavy atom. The van der Waals surface area contributed by atoms with Crippen LogP contribution in [-0.2, 0) is 0 Å². The van der Waals surface area contributed by atoms with Crippen molar-refractivity contribution in [3.8, 4) is 16.9 Å². The van der Waals surface area contributed by atoms with Crippen LogP contribution in [0, 0.1) is 11.7 Å². The van der Waals surface area contributed by atoms with Gasteiger partial charge in [-0.05, 0) is 37.0 Å². The molecule has 0 heterocycles. The van der Waals surface area contributed by atoms with Crippen molar-refractivity contribution < 1.29 is 14.4 Å². The van der Waals surface area contributed by atoms with Gasteiger partial charge >= 0.3 is 0 Å². The van der Waals surface area contributed by atoms with Crippen LogP contribution in [0.4, 0.5) is 10.1 Å². The van der Waals surface area contributed by atoms with Crippen LogP contribution in [0.3, 0.4) is 0 Å². The van der Waals surface area contributed by atoms with Crippen LogP contribution in [0.2, 0.25) is 0 Å². The largest absolute Gasteiger partial charge is 0.538 e. The van der Waals surface area contributed by atoms with Gasteiger partial charge in [0.2, 0.25) is 5.84 Å². The summed E-state index contributed by atoms with van der Waals surface area (Å²) in [6.07, 6.45) is 2.45. The summed E-state index contributed by atoms with van der Waals surface area (Å²) in [4.78, 5) is 0. The first kappa shape index (κ1) is 19.1. The van der Waals surface area contributed by atoms with Crippen LogP contribution in [0.5, 0.6) is 5.75 Å². The molecule has 3 aromatic rings. The van der Waals surface area contributed by atoms with E-state index in [1.807, 2.05) is 48.5 Å². The standard InChI is InChI=1S/C23H22FN4O/c24-20-10-4-5-11-21(20)26-23(27-28-25)19-9-2-1-7-17(19)18-8-3-6-12-22(18)29-15-16-13-14-16/h1-12,16H,13-15,25H2,(H,26,27)/q-1/p+1. The van der Waals surface area contributed by atoms with E-state index < -0.39 is 0 Å². The minimum Gasteiger partial charge on any atom is -0.538 e. The highest BCUT2D eigenvalue weighted by Crippen LogP contribution is 2.35. The Morgan fingerprint density at radius 2 is 1.69 bits per heavy atom. The van der Waals surface area contributed by atoms with E-state index in [-0.39, 0.29) is 5.82 Å². The second-order valence-corrected chi connectivity index (χ2v) is 7.06. The molecule has 0 amide bonds. The van der Waals surface area contributed by atoms with Gasteiger partial charge in [-0.3, -0.25) is 5.32 Å². The first-order valence-corrected chi connectivity index (χ1v) is 9.65. The van der Waals surface area contributed by atoms with Crippen molar-refractivity contribution in [1.82, 2.24) is 0 Å². The van der Waals surface area contributed by atoms with Crippen molar-refractivity contribution in [1.29, 1.82) is 0 Å². The first-order valence-electron chi connectivity index (χ1n) is 9.65. The predicted octanol–water partition coefficient (Wildman–Crippen LogP) is 4.09. The smallest absolute Gasteiger partial charge is 0.219 e. The number of halogens is 1. The molecule has 0 aromatic heterocycles. The number of benzene rings is 3. The van der Waals surface area contributed by atoms with Gasteiger partial charge in [0.05, 0.1) is 12.2 Å². The number of para-hydroxylation sites is 2. The Labute approximate surface area is 169 Å². The molecule has 1 saturated carbocycles. The van der Waals surface area contributed by atoms with E-state index in [1.165, 1.54) is 18.9 Å². The Kier molecular flexibility index (Phi) is 5.84. The molecule has 0 saturated heterocycles. The summed E-state index contributed by atoms with van der Waals surface area (Å²) < 4.78 is 20.3. The SMILES string of the molecule is N[N-]N=C([NH2+]c1ccccc1F)c1ccccc1-c1ccccc1OCC1CC1. The van der Waals surface area contributed by atoms with E-state index in [9.17, 15) is 4.39 Å². The molecule has 3 aromatic carbocycles. The fraction of sp³-hybridized carbons (Fsp3) is 0.174. The van der Waals surface area contributed by atoms with Crippen molar-refractivity contribution in [3.05, 3.63) is 89.7 Å². The van der Waals surface area contributed by atoms with Gasteiger partial charge in [-0.1, -0.05) is 48.5 Å². The van der Waals surface area contributed by atoms with Gasteiger partial charge in [-0.2, -0.15) is 0 Å². The van der Waals surface area contributed by atoms with E-state index in [2.05, 4.69) is 10.6 Å². The van der Waals surface area contributed by atoms with Crippen molar-refractivity contribution in [2.24, 2.45) is 16.9 Å². The molecule has 0 bridgehead atoms. The summed E-state index contributed by atoms with van der Waals surface area (Å²) in [5.74, 6) is 6.99. The molecule has 0 radical (unpaired) electrons. The van der Waals surface area contributed by atoms with Crippen molar-refractivity contribution in [2.75, 3.05) is 6.61 Å². The average Bonchev–Trinajstić information content (AvgIpc) is 3.58. The number of ether oxygens (including phenoxy) is 1. The fourth-order valence-corrected chi connectivity index (χ4v) is 3.21.